The van der Waals surface area contributed by atoms with Gasteiger partial charge in [0.05, 0.1) is 18.2 Å². The summed E-state index contributed by atoms with van der Waals surface area (Å²) in [6, 6.07) is 8.78. The average Bonchev–Trinajstić information content (AvgIpc) is 2.49. The Bertz CT molecular complexity index is 513. The van der Waals surface area contributed by atoms with Crippen molar-refractivity contribution < 1.29 is 9.59 Å². The molecule has 0 bridgehead atoms. The Kier molecular flexibility index (Phi) is 4.69. The Morgan fingerprint density at radius 2 is 1.90 bits per heavy atom. The highest BCUT2D eigenvalue weighted by molar-refractivity contribution is 5.92. The predicted octanol–water partition coefficient (Wildman–Crippen LogP) is 0.271. The summed E-state index contributed by atoms with van der Waals surface area (Å²) in [5, 5.41) is 11.5. The maximum atomic E-state index is 11.9. The Balaban J connectivity index is 1.80. The number of carbonyl (C=O) groups is 2. The number of anilines is 1. The molecule has 1 aliphatic heterocycles. The molecule has 1 aromatic carbocycles. The molecule has 1 heterocycles. The van der Waals surface area contributed by atoms with Gasteiger partial charge in [0.25, 0.3) is 0 Å². The number of nitrogens with one attached hydrogen (secondary N) is 1. The SMILES string of the molecule is N#Cc1ccc(NC(=O)CN2CCN(C=O)CC2)cc1. The van der Waals surface area contributed by atoms with Crippen molar-refractivity contribution >= 4 is 18.0 Å². The molecular weight excluding hydrogens is 256 g/mol. The lowest BCUT2D eigenvalue weighted by atomic mass is 10.2. The van der Waals surface area contributed by atoms with Crippen molar-refractivity contribution in [2.45, 2.75) is 0 Å². The summed E-state index contributed by atoms with van der Waals surface area (Å²) in [5.41, 5.74) is 1.24. The van der Waals surface area contributed by atoms with Gasteiger partial charge >= 0.3 is 0 Å². The predicted molar refractivity (Wildman–Crippen MR) is 73.9 cm³/mol. The fraction of sp³-hybridized carbons (Fsp3) is 0.357. The molecule has 0 saturated carbocycles. The molecule has 1 N–H and O–H groups in total. The molecule has 1 aromatic rings. The van der Waals surface area contributed by atoms with Crippen LogP contribution in [0.1, 0.15) is 5.56 Å². The molecule has 0 atom stereocenters. The van der Waals surface area contributed by atoms with Crippen LogP contribution >= 0.6 is 0 Å². The number of hydrogen-bond donors (Lipinski definition) is 1. The minimum atomic E-state index is -0.0886. The van der Waals surface area contributed by atoms with Crippen LogP contribution in [0.4, 0.5) is 5.69 Å². The second-order valence-electron chi connectivity index (χ2n) is 4.65. The third-order valence-electron chi connectivity index (χ3n) is 3.22. The molecule has 6 nitrogen and oxygen atoms in total. The van der Waals surface area contributed by atoms with E-state index in [1.165, 1.54) is 0 Å². The molecule has 0 spiro atoms. The number of rotatable bonds is 4. The van der Waals surface area contributed by atoms with Crippen LogP contribution in [0.2, 0.25) is 0 Å². The molecule has 1 saturated heterocycles. The third kappa shape index (κ3) is 3.80. The summed E-state index contributed by atoms with van der Waals surface area (Å²) >= 11 is 0. The van der Waals surface area contributed by atoms with E-state index in [4.69, 9.17) is 5.26 Å². The fourth-order valence-electron chi connectivity index (χ4n) is 2.06. The van der Waals surface area contributed by atoms with Crippen LogP contribution < -0.4 is 5.32 Å². The second-order valence-corrected chi connectivity index (χ2v) is 4.65. The third-order valence-corrected chi connectivity index (χ3v) is 3.22. The standard InChI is InChI=1S/C14H16N4O2/c15-9-12-1-3-13(4-2-12)16-14(20)10-17-5-7-18(11-19)8-6-17/h1-4,11H,5-8,10H2,(H,16,20). The summed E-state index contributed by atoms with van der Waals surface area (Å²) in [6.07, 6.45) is 0.841. The minimum Gasteiger partial charge on any atom is -0.343 e. The molecule has 2 amide bonds. The van der Waals surface area contributed by atoms with Crippen LogP contribution in [0.3, 0.4) is 0 Å². The van der Waals surface area contributed by atoms with Gasteiger partial charge in [-0.2, -0.15) is 5.26 Å². The number of amides is 2. The van der Waals surface area contributed by atoms with Crippen LogP contribution in [-0.2, 0) is 9.59 Å². The van der Waals surface area contributed by atoms with Crippen LogP contribution in [0.25, 0.3) is 0 Å². The lowest BCUT2D eigenvalue weighted by molar-refractivity contribution is -0.120. The quantitative estimate of drug-likeness (QED) is 0.798. The van der Waals surface area contributed by atoms with Gasteiger partial charge in [0.2, 0.25) is 12.3 Å². The van der Waals surface area contributed by atoms with Gasteiger partial charge < -0.3 is 10.2 Å². The lowest BCUT2D eigenvalue weighted by Gasteiger charge is -2.31. The first kappa shape index (κ1) is 14.0. The van der Waals surface area contributed by atoms with E-state index in [1.807, 2.05) is 11.0 Å². The minimum absolute atomic E-state index is 0.0886. The number of nitriles is 1. The first-order valence-corrected chi connectivity index (χ1v) is 6.43. The molecular formula is C14H16N4O2. The maximum Gasteiger partial charge on any atom is 0.238 e. The molecule has 0 unspecified atom stereocenters. The van der Waals surface area contributed by atoms with E-state index in [1.54, 1.807) is 29.2 Å². The molecule has 2 rings (SSSR count). The monoisotopic (exact) mass is 272 g/mol. The Hall–Kier alpha value is -2.39. The molecule has 20 heavy (non-hydrogen) atoms. The van der Waals surface area contributed by atoms with Gasteiger partial charge in [0.1, 0.15) is 0 Å². The van der Waals surface area contributed by atoms with E-state index in [-0.39, 0.29) is 5.91 Å². The van der Waals surface area contributed by atoms with Gasteiger partial charge in [-0.25, -0.2) is 0 Å². The van der Waals surface area contributed by atoms with Crippen molar-refractivity contribution in [2.24, 2.45) is 0 Å². The van der Waals surface area contributed by atoms with E-state index in [2.05, 4.69) is 5.32 Å². The Labute approximate surface area is 117 Å². The van der Waals surface area contributed by atoms with Crippen molar-refractivity contribution in [1.29, 1.82) is 5.26 Å². The van der Waals surface area contributed by atoms with Crippen LogP contribution in [0.5, 0.6) is 0 Å². The molecule has 0 aliphatic carbocycles. The van der Waals surface area contributed by atoms with Gasteiger partial charge in [0.15, 0.2) is 0 Å². The summed E-state index contributed by atoms with van der Waals surface area (Å²) in [4.78, 5) is 26.2. The van der Waals surface area contributed by atoms with Crippen molar-refractivity contribution in [1.82, 2.24) is 9.80 Å². The van der Waals surface area contributed by atoms with Crippen molar-refractivity contribution in [3.05, 3.63) is 29.8 Å². The summed E-state index contributed by atoms with van der Waals surface area (Å²) in [5.74, 6) is -0.0886. The number of benzene rings is 1. The Morgan fingerprint density at radius 3 is 2.45 bits per heavy atom. The van der Waals surface area contributed by atoms with Gasteiger partial charge in [-0.1, -0.05) is 0 Å². The fourth-order valence-corrected chi connectivity index (χ4v) is 2.06. The molecule has 0 radical (unpaired) electrons. The van der Waals surface area contributed by atoms with Crippen molar-refractivity contribution in [3.63, 3.8) is 0 Å². The van der Waals surface area contributed by atoms with E-state index in [9.17, 15) is 9.59 Å². The highest BCUT2D eigenvalue weighted by Crippen LogP contribution is 2.09. The highest BCUT2D eigenvalue weighted by Gasteiger charge is 2.17. The highest BCUT2D eigenvalue weighted by atomic mass is 16.2. The zero-order valence-corrected chi connectivity index (χ0v) is 11.1. The molecule has 1 aliphatic rings. The van der Waals surface area contributed by atoms with Crippen molar-refractivity contribution in [3.8, 4) is 6.07 Å². The normalized spacial score (nSPS) is 15.4. The number of piperazine rings is 1. The maximum absolute atomic E-state index is 11.9. The topological polar surface area (TPSA) is 76.4 Å². The number of hydrogen-bond acceptors (Lipinski definition) is 4. The van der Waals surface area contributed by atoms with Gasteiger partial charge in [-0.05, 0) is 24.3 Å². The molecule has 104 valence electrons. The first-order chi connectivity index (χ1) is 9.71. The van der Waals surface area contributed by atoms with Crippen LogP contribution in [0, 0.1) is 11.3 Å². The van der Waals surface area contributed by atoms with E-state index in [0.29, 0.717) is 44.0 Å². The van der Waals surface area contributed by atoms with Gasteiger partial charge in [-0.3, -0.25) is 14.5 Å². The van der Waals surface area contributed by atoms with Crippen LogP contribution in [-0.4, -0.2) is 54.8 Å². The zero-order chi connectivity index (χ0) is 14.4. The smallest absolute Gasteiger partial charge is 0.238 e. The van der Waals surface area contributed by atoms with Crippen molar-refractivity contribution in [2.75, 3.05) is 38.0 Å². The second kappa shape index (κ2) is 6.68. The molecule has 1 fully saturated rings. The summed E-state index contributed by atoms with van der Waals surface area (Å²) in [7, 11) is 0. The number of nitrogens with zero attached hydrogens (tertiary/aromatic N) is 3. The zero-order valence-electron chi connectivity index (χ0n) is 11.1. The number of carbonyl (C=O) groups excluding carboxylic acids is 2. The van der Waals surface area contributed by atoms with Gasteiger partial charge in [-0.15, -0.1) is 0 Å². The summed E-state index contributed by atoms with van der Waals surface area (Å²) in [6.45, 7) is 3.05. The average molecular weight is 272 g/mol. The Morgan fingerprint density at radius 1 is 1.25 bits per heavy atom. The van der Waals surface area contributed by atoms with Crippen LogP contribution in [0.15, 0.2) is 24.3 Å². The molecule has 0 aromatic heterocycles. The summed E-state index contributed by atoms with van der Waals surface area (Å²) < 4.78 is 0. The van der Waals surface area contributed by atoms with E-state index in [0.717, 1.165) is 6.41 Å². The largest absolute Gasteiger partial charge is 0.343 e. The van der Waals surface area contributed by atoms with Gasteiger partial charge in [0, 0.05) is 31.9 Å². The first-order valence-electron chi connectivity index (χ1n) is 6.43. The van der Waals surface area contributed by atoms with E-state index < -0.39 is 0 Å². The van der Waals surface area contributed by atoms with E-state index >= 15 is 0 Å². The lowest BCUT2D eigenvalue weighted by Crippen LogP contribution is -2.48. The molecule has 6 heteroatoms.